The normalized spacial score (nSPS) is 10.7. The van der Waals surface area contributed by atoms with E-state index in [1.807, 2.05) is 23.7 Å². The number of hydrogen-bond donors (Lipinski definition) is 1. The molecule has 0 radical (unpaired) electrons. The number of pyridine rings is 1. The van der Waals surface area contributed by atoms with Gasteiger partial charge >= 0.3 is 0 Å². The fourth-order valence-electron chi connectivity index (χ4n) is 1.55. The minimum absolute atomic E-state index is 0.585. The molecule has 0 saturated heterocycles. The second-order valence-corrected chi connectivity index (χ2v) is 4.29. The van der Waals surface area contributed by atoms with Crippen molar-refractivity contribution in [1.82, 2.24) is 14.8 Å². The van der Waals surface area contributed by atoms with Gasteiger partial charge in [0.05, 0.1) is 16.7 Å². The topological polar surface area (TPSA) is 56.7 Å². The van der Waals surface area contributed by atoms with Crippen molar-refractivity contribution >= 4 is 15.9 Å². The summed E-state index contributed by atoms with van der Waals surface area (Å²) in [5.41, 5.74) is 8.55. The number of nitrogens with zero attached hydrogens (tertiary/aromatic N) is 3. The third kappa shape index (κ3) is 2.01. The summed E-state index contributed by atoms with van der Waals surface area (Å²) in [6, 6.07) is 3.89. The van der Waals surface area contributed by atoms with Crippen LogP contribution in [0.5, 0.6) is 0 Å². The van der Waals surface area contributed by atoms with E-state index in [1.165, 1.54) is 0 Å². The van der Waals surface area contributed by atoms with Crippen LogP contribution in [0.2, 0.25) is 0 Å². The fourth-order valence-corrected chi connectivity index (χ4v) is 2.06. The summed E-state index contributed by atoms with van der Waals surface area (Å²) in [6.07, 6.45) is 3.56. The van der Waals surface area contributed by atoms with Crippen molar-refractivity contribution < 1.29 is 0 Å². The maximum Gasteiger partial charge on any atom is 0.108 e. The molecule has 0 atom stereocenters. The summed E-state index contributed by atoms with van der Waals surface area (Å²) in [7, 11) is 0. The SMILES string of the molecule is Cc1c(Br)c(-c2cccnc2)nn1CCN. The van der Waals surface area contributed by atoms with Crippen molar-refractivity contribution in [3.8, 4) is 11.3 Å². The van der Waals surface area contributed by atoms with E-state index in [0.29, 0.717) is 6.54 Å². The first-order chi connectivity index (χ1) is 7.74. The molecule has 2 aromatic rings. The van der Waals surface area contributed by atoms with Crippen molar-refractivity contribution in [3.63, 3.8) is 0 Å². The first-order valence-electron chi connectivity index (χ1n) is 5.07. The standard InChI is InChI=1S/C11H13BrN4/c1-8-10(12)11(15-16(8)6-4-13)9-3-2-5-14-7-9/h2-3,5,7H,4,6,13H2,1H3. The molecule has 0 aliphatic carbocycles. The summed E-state index contributed by atoms with van der Waals surface area (Å²) in [4.78, 5) is 4.09. The summed E-state index contributed by atoms with van der Waals surface area (Å²) < 4.78 is 2.92. The van der Waals surface area contributed by atoms with Crippen molar-refractivity contribution in [1.29, 1.82) is 0 Å². The molecule has 0 spiro atoms. The lowest BCUT2D eigenvalue weighted by atomic mass is 10.2. The van der Waals surface area contributed by atoms with Crippen LogP contribution in [0.4, 0.5) is 0 Å². The predicted octanol–water partition coefficient (Wildman–Crippen LogP) is 1.97. The summed E-state index contributed by atoms with van der Waals surface area (Å²) in [6.45, 7) is 3.33. The predicted molar refractivity (Wildman–Crippen MR) is 66.9 cm³/mol. The largest absolute Gasteiger partial charge is 0.329 e. The lowest BCUT2D eigenvalue weighted by Gasteiger charge is -1.99. The lowest BCUT2D eigenvalue weighted by molar-refractivity contribution is 0.609. The molecule has 4 nitrogen and oxygen atoms in total. The molecular formula is C11H13BrN4. The zero-order valence-corrected chi connectivity index (χ0v) is 10.6. The Morgan fingerprint density at radius 2 is 2.31 bits per heavy atom. The first-order valence-corrected chi connectivity index (χ1v) is 5.86. The van der Waals surface area contributed by atoms with Gasteiger partial charge in [0.1, 0.15) is 5.69 Å². The van der Waals surface area contributed by atoms with Crippen LogP contribution in [0.3, 0.4) is 0 Å². The Morgan fingerprint density at radius 1 is 1.50 bits per heavy atom. The Balaban J connectivity index is 2.46. The van der Waals surface area contributed by atoms with E-state index >= 15 is 0 Å². The lowest BCUT2D eigenvalue weighted by Crippen LogP contribution is -2.12. The zero-order chi connectivity index (χ0) is 11.5. The quantitative estimate of drug-likeness (QED) is 0.935. The minimum atomic E-state index is 0.585. The molecule has 5 heteroatoms. The fraction of sp³-hybridized carbons (Fsp3) is 0.273. The van der Waals surface area contributed by atoms with Crippen molar-refractivity contribution in [2.45, 2.75) is 13.5 Å². The molecule has 0 aliphatic heterocycles. The molecule has 0 unspecified atom stereocenters. The van der Waals surface area contributed by atoms with Gasteiger partial charge in [-0.05, 0) is 35.0 Å². The van der Waals surface area contributed by atoms with E-state index in [1.54, 1.807) is 12.4 Å². The van der Waals surface area contributed by atoms with Gasteiger partial charge in [-0.1, -0.05) is 0 Å². The summed E-state index contributed by atoms with van der Waals surface area (Å²) in [5.74, 6) is 0. The Hall–Kier alpha value is -1.20. The number of hydrogen-bond acceptors (Lipinski definition) is 3. The molecule has 2 rings (SSSR count). The Morgan fingerprint density at radius 3 is 2.94 bits per heavy atom. The van der Waals surface area contributed by atoms with E-state index in [4.69, 9.17) is 5.73 Å². The van der Waals surface area contributed by atoms with Gasteiger partial charge in [-0.25, -0.2) is 0 Å². The second-order valence-electron chi connectivity index (χ2n) is 3.50. The number of rotatable bonds is 3. The average molecular weight is 281 g/mol. The maximum absolute atomic E-state index is 5.54. The molecule has 2 heterocycles. The minimum Gasteiger partial charge on any atom is -0.329 e. The second kappa shape index (κ2) is 4.76. The average Bonchev–Trinajstić information content (AvgIpc) is 2.59. The van der Waals surface area contributed by atoms with Gasteiger partial charge in [0.15, 0.2) is 0 Å². The Bertz CT molecular complexity index is 478. The molecule has 16 heavy (non-hydrogen) atoms. The van der Waals surface area contributed by atoms with E-state index in [9.17, 15) is 0 Å². The molecule has 0 bridgehead atoms. The molecule has 2 aromatic heterocycles. The highest BCUT2D eigenvalue weighted by Crippen LogP contribution is 2.29. The van der Waals surface area contributed by atoms with Gasteiger partial charge in [-0.3, -0.25) is 9.67 Å². The number of aromatic nitrogens is 3. The van der Waals surface area contributed by atoms with Crippen molar-refractivity contribution in [3.05, 3.63) is 34.7 Å². The van der Waals surface area contributed by atoms with Gasteiger partial charge in [-0.15, -0.1) is 0 Å². The molecule has 0 aliphatic rings. The van der Waals surface area contributed by atoms with Crippen molar-refractivity contribution in [2.24, 2.45) is 5.73 Å². The van der Waals surface area contributed by atoms with E-state index in [2.05, 4.69) is 26.0 Å². The first kappa shape index (κ1) is 11.3. The molecule has 0 aromatic carbocycles. The van der Waals surface area contributed by atoms with Gasteiger partial charge in [0, 0.05) is 24.5 Å². The molecule has 0 amide bonds. The highest BCUT2D eigenvalue weighted by molar-refractivity contribution is 9.10. The summed E-state index contributed by atoms with van der Waals surface area (Å²) >= 11 is 3.56. The highest BCUT2D eigenvalue weighted by Gasteiger charge is 2.13. The smallest absolute Gasteiger partial charge is 0.108 e. The molecule has 0 fully saturated rings. The number of nitrogens with two attached hydrogens (primary N) is 1. The highest BCUT2D eigenvalue weighted by atomic mass is 79.9. The number of halogens is 1. The summed E-state index contributed by atoms with van der Waals surface area (Å²) in [5, 5.41) is 4.52. The zero-order valence-electron chi connectivity index (χ0n) is 9.02. The van der Waals surface area contributed by atoms with Crippen LogP contribution < -0.4 is 5.73 Å². The van der Waals surface area contributed by atoms with Crippen LogP contribution in [-0.2, 0) is 6.54 Å². The van der Waals surface area contributed by atoms with E-state index in [-0.39, 0.29) is 0 Å². The van der Waals surface area contributed by atoms with Crippen LogP contribution in [0.1, 0.15) is 5.69 Å². The van der Waals surface area contributed by atoms with Crippen LogP contribution in [0.15, 0.2) is 29.0 Å². The third-order valence-electron chi connectivity index (χ3n) is 2.41. The molecule has 2 N–H and O–H groups in total. The van der Waals surface area contributed by atoms with Crippen LogP contribution in [0.25, 0.3) is 11.3 Å². The van der Waals surface area contributed by atoms with Gasteiger partial charge in [0.25, 0.3) is 0 Å². The molecular weight excluding hydrogens is 268 g/mol. The van der Waals surface area contributed by atoms with Gasteiger partial charge in [-0.2, -0.15) is 5.10 Å². The molecule has 0 saturated carbocycles. The molecule has 84 valence electrons. The Labute approximate surface area is 103 Å². The van der Waals surface area contributed by atoms with Crippen LogP contribution in [0, 0.1) is 6.92 Å². The third-order valence-corrected chi connectivity index (χ3v) is 3.36. The van der Waals surface area contributed by atoms with Crippen LogP contribution in [-0.4, -0.2) is 21.3 Å². The van der Waals surface area contributed by atoms with E-state index < -0.39 is 0 Å². The van der Waals surface area contributed by atoms with Gasteiger partial charge in [0.2, 0.25) is 0 Å². The maximum atomic E-state index is 5.54. The van der Waals surface area contributed by atoms with Crippen molar-refractivity contribution in [2.75, 3.05) is 6.54 Å². The Kier molecular flexibility index (Phi) is 3.36. The van der Waals surface area contributed by atoms with Gasteiger partial charge < -0.3 is 5.73 Å². The monoisotopic (exact) mass is 280 g/mol. The van der Waals surface area contributed by atoms with Crippen LogP contribution >= 0.6 is 15.9 Å². The van der Waals surface area contributed by atoms with E-state index in [0.717, 1.165) is 28.0 Å².